The lowest BCUT2D eigenvalue weighted by molar-refractivity contribution is 0.0740. The van der Waals surface area contributed by atoms with Gasteiger partial charge in [0.15, 0.2) is 0 Å². The molecule has 1 amide bonds. The van der Waals surface area contributed by atoms with Gasteiger partial charge < -0.3 is 14.7 Å². The van der Waals surface area contributed by atoms with Crippen molar-refractivity contribution in [1.82, 2.24) is 14.9 Å². The minimum absolute atomic E-state index is 0.0438. The molecule has 0 aromatic carbocycles. The van der Waals surface area contributed by atoms with Crippen LogP contribution < -0.4 is 9.80 Å². The van der Waals surface area contributed by atoms with Crippen LogP contribution in [-0.4, -0.2) is 61.0 Å². The lowest BCUT2D eigenvalue weighted by Gasteiger charge is -2.35. The molecular weight excluding hydrogens is 316 g/mol. The molecule has 0 radical (unpaired) electrons. The van der Waals surface area contributed by atoms with Gasteiger partial charge in [0.1, 0.15) is 17.6 Å². The van der Waals surface area contributed by atoms with E-state index in [0.717, 1.165) is 11.5 Å². The maximum atomic E-state index is 12.6. The second-order valence-corrected chi connectivity index (χ2v) is 6.09. The first-order valence-corrected chi connectivity index (χ1v) is 8.12. The summed E-state index contributed by atoms with van der Waals surface area (Å²) in [5.41, 5.74) is 1.98. The van der Waals surface area contributed by atoms with Crippen molar-refractivity contribution >= 4 is 17.4 Å². The maximum Gasteiger partial charge on any atom is 0.272 e. The molecule has 0 atom stereocenters. The number of pyridine rings is 2. The molecule has 128 valence electrons. The normalized spacial score (nSPS) is 14.1. The first-order chi connectivity index (χ1) is 12.1. The summed E-state index contributed by atoms with van der Waals surface area (Å²) in [6.45, 7) is 2.66. The van der Waals surface area contributed by atoms with Crippen LogP contribution >= 0.6 is 0 Å². The van der Waals surface area contributed by atoms with E-state index in [-0.39, 0.29) is 5.91 Å². The number of hydrogen-bond acceptors (Lipinski definition) is 6. The van der Waals surface area contributed by atoms with Crippen LogP contribution in [0.2, 0.25) is 0 Å². The topological polar surface area (TPSA) is 76.4 Å². The number of amides is 1. The summed E-state index contributed by atoms with van der Waals surface area (Å²) in [7, 11) is 3.88. The third-order valence-corrected chi connectivity index (χ3v) is 4.25. The van der Waals surface area contributed by atoms with Crippen molar-refractivity contribution in [3.05, 3.63) is 47.9 Å². The standard InChI is InChI=1S/C18H20N6O/c1-22(2)15-4-5-16(20-13-15)18(25)24-9-7-23(8-10-24)17-6-3-14(11-19)12-21-17/h3-6,12-13H,7-10H2,1-2H3. The smallest absolute Gasteiger partial charge is 0.272 e. The van der Waals surface area contributed by atoms with Crippen LogP contribution in [0.5, 0.6) is 0 Å². The zero-order valence-corrected chi connectivity index (χ0v) is 14.4. The molecule has 0 aliphatic carbocycles. The van der Waals surface area contributed by atoms with Crippen LogP contribution in [-0.2, 0) is 0 Å². The number of carbonyl (C=O) groups excluding carboxylic acids is 1. The van der Waals surface area contributed by atoms with E-state index in [9.17, 15) is 4.79 Å². The van der Waals surface area contributed by atoms with Crippen molar-refractivity contribution in [2.45, 2.75) is 0 Å². The molecular formula is C18H20N6O. The molecule has 3 heterocycles. The summed E-state index contributed by atoms with van der Waals surface area (Å²) < 4.78 is 0. The molecule has 0 N–H and O–H groups in total. The van der Waals surface area contributed by atoms with Gasteiger partial charge in [-0.05, 0) is 24.3 Å². The molecule has 0 spiro atoms. The first kappa shape index (κ1) is 16.7. The minimum Gasteiger partial charge on any atom is -0.376 e. The number of aromatic nitrogens is 2. The number of carbonyl (C=O) groups is 1. The Morgan fingerprint density at radius 2 is 1.84 bits per heavy atom. The number of nitriles is 1. The molecule has 0 unspecified atom stereocenters. The molecule has 1 fully saturated rings. The summed E-state index contributed by atoms with van der Waals surface area (Å²) in [4.78, 5) is 27.1. The SMILES string of the molecule is CN(C)c1ccc(C(=O)N2CCN(c3ccc(C#N)cn3)CC2)nc1. The lowest BCUT2D eigenvalue weighted by atomic mass is 10.2. The Morgan fingerprint density at radius 1 is 1.08 bits per heavy atom. The van der Waals surface area contributed by atoms with E-state index >= 15 is 0 Å². The molecule has 1 saturated heterocycles. The van der Waals surface area contributed by atoms with Crippen molar-refractivity contribution in [3.8, 4) is 6.07 Å². The van der Waals surface area contributed by atoms with E-state index in [1.54, 1.807) is 24.5 Å². The quantitative estimate of drug-likeness (QED) is 0.843. The van der Waals surface area contributed by atoms with Crippen LogP contribution in [0.4, 0.5) is 11.5 Å². The van der Waals surface area contributed by atoms with Gasteiger partial charge in [-0.1, -0.05) is 0 Å². The fraction of sp³-hybridized carbons (Fsp3) is 0.333. The van der Waals surface area contributed by atoms with E-state index in [1.165, 1.54) is 0 Å². The highest BCUT2D eigenvalue weighted by Crippen LogP contribution is 2.16. The van der Waals surface area contributed by atoms with Gasteiger partial charge in [0.25, 0.3) is 5.91 Å². The minimum atomic E-state index is -0.0438. The van der Waals surface area contributed by atoms with Gasteiger partial charge in [-0.25, -0.2) is 9.97 Å². The fourth-order valence-corrected chi connectivity index (χ4v) is 2.72. The van der Waals surface area contributed by atoms with E-state index < -0.39 is 0 Å². The monoisotopic (exact) mass is 336 g/mol. The van der Waals surface area contributed by atoms with Crippen LogP contribution in [0.25, 0.3) is 0 Å². The Hall–Kier alpha value is -3.14. The Labute approximate surface area is 147 Å². The molecule has 0 saturated carbocycles. The van der Waals surface area contributed by atoms with Crippen LogP contribution in [0.1, 0.15) is 16.1 Å². The van der Waals surface area contributed by atoms with Gasteiger partial charge in [-0.2, -0.15) is 5.26 Å². The summed E-state index contributed by atoms with van der Waals surface area (Å²) in [6, 6.07) is 9.34. The zero-order chi connectivity index (χ0) is 17.8. The molecule has 1 aliphatic rings. The van der Waals surface area contributed by atoms with E-state index in [1.807, 2.05) is 36.0 Å². The highest BCUT2D eigenvalue weighted by molar-refractivity contribution is 5.92. The van der Waals surface area contributed by atoms with Gasteiger partial charge in [0, 0.05) is 46.5 Å². The summed E-state index contributed by atoms with van der Waals surface area (Å²) in [5, 5.41) is 8.83. The Balaban J connectivity index is 1.61. The fourth-order valence-electron chi connectivity index (χ4n) is 2.72. The number of anilines is 2. The molecule has 25 heavy (non-hydrogen) atoms. The molecule has 3 rings (SSSR count). The van der Waals surface area contributed by atoms with Crippen LogP contribution in [0.3, 0.4) is 0 Å². The Kier molecular flexibility index (Phi) is 4.80. The molecule has 2 aromatic rings. The van der Waals surface area contributed by atoms with Gasteiger partial charge >= 0.3 is 0 Å². The molecule has 2 aromatic heterocycles. The Morgan fingerprint density at radius 3 is 2.36 bits per heavy atom. The van der Waals surface area contributed by atoms with E-state index in [0.29, 0.717) is 37.4 Å². The zero-order valence-electron chi connectivity index (χ0n) is 14.4. The summed E-state index contributed by atoms with van der Waals surface area (Å²) >= 11 is 0. The third-order valence-electron chi connectivity index (χ3n) is 4.25. The van der Waals surface area contributed by atoms with Crippen molar-refractivity contribution < 1.29 is 4.79 Å². The largest absolute Gasteiger partial charge is 0.376 e. The molecule has 0 bridgehead atoms. The number of piperazine rings is 1. The summed E-state index contributed by atoms with van der Waals surface area (Å²) in [5.74, 6) is 0.789. The molecule has 1 aliphatic heterocycles. The predicted molar refractivity (Wildman–Crippen MR) is 95.6 cm³/mol. The second kappa shape index (κ2) is 7.18. The van der Waals surface area contributed by atoms with Crippen LogP contribution in [0.15, 0.2) is 36.7 Å². The summed E-state index contributed by atoms with van der Waals surface area (Å²) in [6.07, 6.45) is 3.28. The molecule has 7 nitrogen and oxygen atoms in total. The number of nitrogens with zero attached hydrogens (tertiary/aromatic N) is 6. The highest BCUT2D eigenvalue weighted by Gasteiger charge is 2.23. The predicted octanol–water partition coefficient (Wildman–Crippen LogP) is 1.38. The number of hydrogen-bond donors (Lipinski definition) is 0. The highest BCUT2D eigenvalue weighted by atomic mass is 16.2. The first-order valence-electron chi connectivity index (χ1n) is 8.12. The van der Waals surface area contributed by atoms with E-state index in [4.69, 9.17) is 5.26 Å². The van der Waals surface area contributed by atoms with Crippen LogP contribution in [0, 0.1) is 11.3 Å². The van der Waals surface area contributed by atoms with Crippen molar-refractivity contribution in [2.75, 3.05) is 50.1 Å². The lowest BCUT2D eigenvalue weighted by Crippen LogP contribution is -2.49. The molecule has 7 heteroatoms. The van der Waals surface area contributed by atoms with Gasteiger partial charge in [-0.15, -0.1) is 0 Å². The van der Waals surface area contributed by atoms with Crippen molar-refractivity contribution in [1.29, 1.82) is 5.26 Å². The average Bonchev–Trinajstić information content (AvgIpc) is 2.67. The average molecular weight is 336 g/mol. The van der Waals surface area contributed by atoms with Gasteiger partial charge in [-0.3, -0.25) is 4.79 Å². The number of rotatable bonds is 3. The maximum absolute atomic E-state index is 12.6. The van der Waals surface area contributed by atoms with E-state index in [2.05, 4.69) is 20.9 Å². The van der Waals surface area contributed by atoms with Gasteiger partial charge in [0.2, 0.25) is 0 Å². The third kappa shape index (κ3) is 3.69. The second-order valence-electron chi connectivity index (χ2n) is 6.09. The van der Waals surface area contributed by atoms with Crippen molar-refractivity contribution in [2.24, 2.45) is 0 Å². The Bertz CT molecular complexity index is 771. The van der Waals surface area contributed by atoms with Gasteiger partial charge in [0.05, 0.1) is 17.4 Å². The van der Waals surface area contributed by atoms with Crippen molar-refractivity contribution in [3.63, 3.8) is 0 Å².